The average Bonchev–Trinajstić information content (AvgIpc) is 3.50. The highest BCUT2D eigenvalue weighted by Crippen LogP contribution is 2.47. The fourth-order valence-corrected chi connectivity index (χ4v) is 3.84. The van der Waals surface area contributed by atoms with Gasteiger partial charge in [0, 0.05) is 23.3 Å². The van der Waals surface area contributed by atoms with Crippen LogP contribution in [0, 0.1) is 0 Å². The molecule has 0 bridgehead atoms. The zero-order valence-electron chi connectivity index (χ0n) is 19.5. The molecule has 0 atom stereocenters. The van der Waals surface area contributed by atoms with Gasteiger partial charge in [-0.1, -0.05) is 34.6 Å². The number of hydrogen-bond acceptors (Lipinski definition) is 7. The molecule has 1 saturated carbocycles. The van der Waals surface area contributed by atoms with Gasteiger partial charge in [0.15, 0.2) is 0 Å². The van der Waals surface area contributed by atoms with Gasteiger partial charge in [-0.25, -0.2) is 9.97 Å². The van der Waals surface area contributed by atoms with Crippen molar-refractivity contribution in [1.29, 1.82) is 0 Å². The van der Waals surface area contributed by atoms with Crippen LogP contribution >= 0.6 is 0 Å². The third kappa shape index (κ3) is 5.80. The molecule has 11 heteroatoms. The standard InChI is InChI=1S/C22H28F4N4O3/c1-21(2,3)14-17(31-6)29-12(30-18(14)33-20(25)26)9-22(4,5)13-15(11-7-8-11)27-10-28-16(13)32-19(23)24/h10-11,19-20H,7-9H2,1-6H3. The lowest BCUT2D eigenvalue weighted by atomic mass is 9.79. The minimum atomic E-state index is -3.10. The van der Waals surface area contributed by atoms with Gasteiger partial charge in [-0.15, -0.1) is 0 Å². The first kappa shape index (κ1) is 24.9. The third-order valence-electron chi connectivity index (χ3n) is 5.32. The summed E-state index contributed by atoms with van der Waals surface area (Å²) in [5.74, 6) is -0.122. The summed E-state index contributed by atoms with van der Waals surface area (Å²) >= 11 is 0. The van der Waals surface area contributed by atoms with Crippen LogP contribution in [0.2, 0.25) is 0 Å². The van der Waals surface area contributed by atoms with Gasteiger partial charge in [-0.2, -0.15) is 27.5 Å². The Morgan fingerprint density at radius 2 is 1.45 bits per heavy atom. The number of hydrogen-bond donors (Lipinski definition) is 0. The molecule has 33 heavy (non-hydrogen) atoms. The Bertz CT molecular complexity index is 992. The predicted molar refractivity (Wildman–Crippen MR) is 111 cm³/mol. The quantitative estimate of drug-likeness (QED) is 0.466. The van der Waals surface area contributed by atoms with Crippen molar-refractivity contribution in [2.45, 2.75) is 83.9 Å². The summed E-state index contributed by atoms with van der Waals surface area (Å²) in [6.45, 7) is 2.82. The van der Waals surface area contributed by atoms with Crippen molar-refractivity contribution >= 4 is 0 Å². The van der Waals surface area contributed by atoms with Crippen LogP contribution in [0.15, 0.2) is 6.33 Å². The summed E-state index contributed by atoms with van der Waals surface area (Å²) in [5, 5.41) is 0. The lowest BCUT2D eigenvalue weighted by molar-refractivity contribution is -0.0547. The highest BCUT2D eigenvalue weighted by molar-refractivity contribution is 5.43. The number of halogens is 4. The fraction of sp³-hybridized carbons (Fsp3) is 0.636. The molecule has 0 radical (unpaired) electrons. The van der Waals surface area contributed by atoms with Crippen molar-refractivity contribution < 1.29 is 31.8 Å². The molecule has 0 N–H and O–H groups in total. The lowest BCUT2D eigenvalue weighted by Crippen LogP contribution is -2.27. The van der Waals surface area contributed by atoms with Crippen molar-refractivity contribution in [1.82, 2.24) is 19.9 Å². The van der Waals surface area contributed by atoms with Crippen molar-refractivity contribution in [3.63, 3.8) is 0 Å². The van der Waals surface area contributed by atoms with Gasteiger partial charge in [0.05, 0.1) is 18.4 Å². The van der Waals surface area contributed by atoms with E-state index in [0.717, 1.165) is 12.8 Å². The van der Waals surface area contributed by atoms with Gasteiger partial charge in [0.2, 0.25) is 17.6 Å². The maximum absolute atomic E-state index is 13.2. The first-order valence-electron chi connectivity index (χ1n) is 10.5. The Morgan fingerprint density at radius 1 is 0.879 bits per heavy atom. The molecule has 2 aromatic rings. The molecule has 0 spiro atoms. The summed E-state index contributed by atoms with van der Waals surface area (Å²) in [7, 11) is 1.38. The van der Waals surface area contributed by atoms with Crippen LogP contribution in [0.3, 0.4) is 0 Å². The molecular formula is C22H28F4N4O3. The molecule has 1 aliphatic rings. The van der Waals surface area contributed by atoms with Gasteiger partial charge in [0.1, 0.15) is 12.2 Å². The number of nitrogens with zero attached hydrogens (tertiary/aromatic N) is 4. The molecular weight excluding hydrogens is 444 g/mol. The predicted octanol–water partition coefficient (Wildman–Crippen LogP) is 5.17. The van der Waals surface area contributed by atoms with Crippen LogP contribution in [0.25, 0.3) is 0 Å². The van der Waals surface area contributed by atoms with Crippen molar-refractivity contribution in [3.05, 3.63) is 29.0 Å². The van der Waals surface area contributed by atoms with Crippen molar-refractivity contribution in [2.24, 2.45) is 0 Å². The Labute approximate surface area is 189 Å². The molecule has 7 nitrogen and oxygen atoms in total. The zero-order valence-corrected chi connectivity index (χ0v) is 19.5. The fourth-order valence-electron chi connectivity index (χ4n) is 3.84. The van der Waals surface area contributed by atoms with Gasteiger partial charge in [0.25, 0.3) is 0 Å². The number of rotatable bonds is 9. The number of aromatic nitrogens is 4. The summed E-state index contributed by atoms with van der Waals surface area (Å²) < 4.78 is 67.3. The van der Waals surface area contributed by atoms with Gasteiger partial charge >= 0.3 is 13.2 Å². The van der Waals surface area contributed by atoms with Crippen LogP contribution in [-0.4, -0.2) is 40.3 Å². The maximum Gasteiger partial charge on any atom is 0.388 e. The molecule has 0 saturated heterocycles. The highest BCUT2D eigenvalue weighted by atomic mass is 19.3. The Morgan fingerprint density at radius 3 is 1.97 bits per heavy atom. The minimum absolute atomic E-state index is 0.0834. The summed E-state index contributed by atoms with van der Waals surface area (Å²) in [4.78, 5) is 16.9. The molecule has 2 aromatic heterocycles. The topological polar surface area (TPSA) is 79.3 Å². The molecule has 3 rings (SSSR count). The van der Waals surface area contributed by atoms with Crippen LogP contribution in [0.4, 0.5) is 17.6 Å². The monoisotopic (exact) mass is 472 g/mol. The normalized spacial score (nSPS) is 14.7. The first-order valence-corrected chi connectivity index (χ1v) is 10.5. The molecule has 0 unspecified atom stereocenters. The Balaban J connectivity index is 2.09. The summed E-state index contributed by atoms with van der Waals surface area (Å²) in [5.41, 5.74) is -0.163. The highest BCUT2D eigenvalue weighted by Gasteiger charge is 2.38. The zero-order chi connectivity index (χ0) is 24.6. The molecule has 182 valence electrons. The minimum Gasteiger partial charge on any atom is -0.481 e. The van der Waals surface area contributed by atoms with Crippen LogP contribution in [0.1, 0.15) is 76.0 Å². The number of ether oxygens (including phenoxy) is 3. The second-order valence-electron chi connectivity index (χ2n) is 9.61. The molecule has 0 amide bonds. The van der Waals surface area contributed by atoms with Crippen molar-refractivity contribution in [3.8, 4) is 17.6 Å². The van der Waals surface area contributed by atoms with Crippen molar-refractivity contribution in [2.75, 3.05) is 7.11 Å². The summed E-state index contributed by atoms with van der Waals surface area (Å²) in [6, 6.07) is 0. The van der Waals surface area contributed by atoms with E-state index >= 15 is 0 Å². The van der Waals surface area contributed by atoms with E-state index < -0.39 is 24.1 Å². The van der Waals surface area contributed by atoms with Gasteiger partial charge < -0.3 is 14.2 Å². The van der Waals surface area contributed by atoms with E-state index in [2.05, 4.69) is 19.9 Å². The lowest BCUT2D eigenvalue weighted by Gasteiger charge is -2.29. The van der Waals surface area contributed by atoms with Gasteiger partial charge in [-0.05, 0) is 18.3 Å². The van der Waals surface area contributed by atoms with E-state index in [-0.39, 0.29) is 35.8 Å². The van der Waals surface area contributed by atoms with Crippen LogP contribution in [0.5, 0.6) is 17.6 Å². The first-order chi connectivity index (χ1) is 15.3. The van der Waals surface area contributed by atoms with E-state index in [4.69, 9.17) is 14.2 Å². The van der Waals surface area contributed by atoms with E-state index in [0.29, 0.717) is 16.8 Å². The molecule has 1 fully saturated rings. The molecule has 0 aliphatic heterocycles. The SMILES string of the molecule is COc1nc(CC(C)(C)c2c(OC(F)F)ncnc2C2CC2)nc(OC(F)F)c1C(C)(C)C. The van der Waals surface area contributed by atoms with Gasteiger partial charge in [-0.3, -0.25) is 0 Å². The second-order valence-corrected chi connectivity index (χ2v) is 9.61. The second kappa shape index (κ2) is 9.26. The van der Waals surface area contributed by atoms with E-state index in [1.54, 1.807) is 34.6 Å². The smallest absolute Gasteiger partial charge is 0.388 e. The maximum atomic E-state index is 13.2. The van der Waals surface area contributed by atoms with E-state index in [1.807, 2.05) is 0 Å². The molecule has 2 heterocycles. The number of methoxy groups -OCH3 is 1. The summed E-state index contributed by atoms with van der Waals surface area (Å²) in [6.07, 6.45) is 3.05. The van der Waals surface area contributed by atoms with Crippen LogP contribution in [-0.2, 0) is 17.3 Å². The average molecular weight is 472 g/mol. The third-order valence-corrected chi connectivity index (χ3v) is 5.32. The number of alkyl halides is 4. The Kier molecular flexibility index (Phi) is 6.99. The van der Waals surface area contributed by atoms with Crippen LogP contribution < -0.4 is 14.2 Å². The largest absolute Gasteiger partial charge is 0.481 e. The molecule has 0 aromatic carbocycles. The molecule has 1 aliphatic carbocycles. The van der Waals surface area contributed by atoms with E-state index in [1.165, 1.54) is 13.4 Å². The Hall–Kier alpha value is -2.72. The van der Waals surface area contributed by atoms with E-state index in [9.17, 15) is 17.6 Å².